The van der Waals surface area contributed by atoms with E-state index < -0.39 is 11.8 Å². The Morgan fingerprint density at radius 2 is 1.33 bits per heavy atom. The Balaban J connectivity index is 2.07. The second-order valence-electron chi connectivity index (χ2n) is 4.64. The first kappa shape index (κ1) is 17.9. The summed E-state index contributed by atoms with van der Waals surface area (Å²) in [5.41, 5.74) is 0.705. The molecule has 0 atom stereocenters. The first-order chi connectivity index (χ1) is 11.4. The van der Waals surface area contributed by atoms with E-state index in [4.69, 9.17) is 32.7 Å². The van der Waals surface area contributed by atoms with Crippen molar-refractivity contribution in [1.29, 1.82) is 0 Å². The van der Waals surface area contributed by atoms with Gasteiger partial charge < -0.3 is 20.1 Å². The average molecular weight is 369 g/mol. The molecule has 0 spiro atoms. The lowest BCUT2D eigenvalue weighted by molar-refractivity contribution is -0.132. The molecule has 6 nitrogen and oxygen atoms in total. The van der Waals surface area contributed by atoms with Crippen LogP contribution in [-0.2, 0) is 9.59 Å². The molecule has 0 bridgehead atoms. The number of methoxy groups -OCH3 is 2. The van der Waals surface area contributed by atoms with Crippen molar-refractivity contribution in [2.75, 3.05) is 24.9 Å². The maximum absolute atomic E-state index is 12.0. The molecule has 0 unspecified atom stereocenters. The first-order valence-electron chi connectivity index (χ1n) is 6.73. The second-order valence-corrected chi connectivity index (χ2v) is 5.51. The number of carbonyl (C=O) groups is 2. The quantitative estimate of drug-likeness (QED) is 0.808. The third-order valence-corrected chi connectivity index (χ3v) is 3.40. The molecule has 0 saturated heterocycles. The number of benzene rings is 2. The van der Waals surface area contributed by atoms with E-state index in [1.54, 1.807) is 18.2 Å². The fourth-order valence-electron chi connectivity index (χ4n) is 1.92. The Morgan fingerprint density at radius 1 is 0.792 bits per heavy atom. The summed E-state index contributed by atoms with van der Waals surface area (Å²) in [6, 6.07) is 9.22. The number of hydrogen-bond acceptors (Lipinski definition) is 4. The van der Waals surface area contributed by atoms with Gasteiger partial charge in [0, 0.05) is 27.5 Å². The Labute approximate surface area is 148 Å². The number of anilines is 2. The van der Waals surface area contributed by atoms with Crippen LogP contribution in [0.1, 0.15) is 0 Å². The second kappa shape index (κ2) is 7.90. The van der Waals surface area contributed by atoms with E-state index in [1.165, 1.54) is 32.4 Å². The lowest BCUT2D eigenvalue weighted by Gasteiger charge is -2.11. The zero-order chi connectivity index (χ0) is 17.7. The molecule has 126 valence electrons. The number of carbonyl (C=O) groups excluding carboxylic acids is 2. The highest BCUT2D eigenvalue weighted by Gasteiger charge is 2.15. The highest BCUT2D eigenvalue weighted by atomic mass is 35.5. The Kier molecular flexibility index (Phi) is 5.89. The molecular formula is C16H14Cl2N2O4. The predicted molar refractivity (Wildman–Crippen MR) is 93.3 cm³/mol. The molecule has 24 heavy (non-hydrogen) atoms. The van der Waals surface area contributed by atoms with E-state index in [0.717, 1.165) is 0 Å². The number of rotatable bonds is 4. The zero-order valence-corrected chi connectivity index (χ0v) is 14.4. The Bertz CT molecular complexity index is 760. The van der Waals surface area contributed by atoms with Gasteiger partial charge in [-0.05, 0) is 30.3 Å². The lowest BCUT2D eigenvalue weighted by Crippen LogP contribution is -2.29. The summed E-state index contributed by atoms with van der Waals surface area (Å²) in [5.74, 6) is -0.771. The molecule has 2 rings (SSSR count). The van der Waals surface area contributed by atoms with Crippen molar-refractivity contribution in [1.82, 2.24) is 0 Å². The number of halogens is 2. The van der Waals surface area contributed by atoms with E-state index in [1.807, 2.05) is 0 Å². The molecule has 2 aromatic rings. The van der Waals surface area contributed by atoms with Gasteiger partial charge in [0.2, 0.25) is 0 Å². The van der Waals surface area contributed by atoms with E-state index in [2.05, 4.69) is 10.6 Å². The topological polar surface area (TPSA) is 76.7 Å². The minimum atomic E-state index is -0.858. The van der Waals surface area contributed by atoms with Crippen LogP contribution in [0.2, 0.25) is 10.0 Å². The van der Waals surface area contributed by atoms with Gasteiger partial charge in [-0.1, -0.05) is 23.2 Å². The molecule has 0 aliphatic rings. The average Bonchev–Trinajstić information content (AvgIpc) is 2.53. The molecule has 0 fully saturated rings. The smallest absolute Gasteiger partial charge is 0.314 e. The molecule has 2 amide bonds. The fourth-order valence-corrected chi connectivity index (χ4v) is 2.44. The fraction of sp³-hybridized carbons (Fsp3) is 0.125. The van der Waals surface area contributed by atoms with Crippen molar-refractivity contribution < 1.29 is 19.1 Å². The van der Waals surface area contributed by atoms with Crippen LogP contribution in [0.25, 0.3) is 0 Å². The summed E-state index contributed by atoms with van der Waals surface area (Å²) in [4.78, 5) is 23.9. The number of nitrogens with one attached hydrogen (secondary N) is 2. The predicted octanol–water partition coefficient (Wildman–Crippen LogP) is 3.59. The van der Waals surface area contributed by atoms with E-state index in [9.17, 15) is 9.59 Å². The molecule has 0 heterocycles. The van der Waals surface area contributed by atoms with Crippen LogP contribution in [0.3, 0.4) is 0 Å². The van der Waals surface area contributed by atoms with Crippen molar-refractivity contribution in [2.45, 2.75) is 0 Å². The van der Waals surface area contributed by atoms with Gasteiger partial charge in [-0.2, -0.15) is 0 Å². The molecule has 0 aliphatic heterocycles. The zero-order valence-electron chi connectivity index (χ0n) is 12.9. The van der Waals surface area contributed by atoms with Gasteiger partial charge in [0.25, 0.3) is 0 Å². The summed E-state index contributed by atoms with van der Waals surface area (Å²) in [7, 11) is 2.97. The third kappa shape index (κ3) is 4.53. The van der Waals surface area contributed by atoms with Gasteiger partial charge in [0.05, 0.1) is 14.2 Å². The van der Waals surface area contributed by atoms with E-state index in [-0.39, 0.29) is 0 Å². The van der Waals surface area contributed by atoms with Gasteiger partial charge in [-0.25, -0.2) is 0 Å². The SMILES string of the molecule is COc1ccc(NC(=O)C(=O)Nc2cc(Cl)cc(Cl)c2)cc1OC. The summed E-state index contributed by atoms with van der Waals surface area (Å²) in [6.07, 6.45) is 0. The molecule has 2 N–H and O–H groups in total. The molecule has 0 saturated carbocycles. The first-order valence-corrected chi connectivity index (χ1v) is 7.49. The molecule has 0 aliphatic carbocycles. The van der Waals surface area contributed by atoms with E-state index >= 15 is 0 Å². The normalized spacial score (nSPS) is 10.0. The van der Waals surface area contributed by atoms with E-state index in [0.29, 0.717) is 32.9 Å². The summed E-state index contributed by atoms with van der Waals surface area (Å²) >= 11 is 11.7. The van der Waals surface area contributed by atoms with Crippen LogP contribution in [0.4, 0.5) is 11.4 Å². The van der Waals surface area contributed by atoms with Crippen LogP contribution in [0, 0.1) is 0 Å². The van der Waals surface area contributed by atoms with Crippen LogP contribution >= 0.6 is 23.2 Å². The van der Waals surface area contributed by atoms with Gasteiger partial charge >= 0.3 is 11.8 Å². The van der Waals surface area contributed by atoms with Crippen LogP contribution in [0.15, 0.2) is 36.4 Å². The largest absolute Gasteiger partial charge is 0.493 e. The molecule has 8 heteroatoms. The highest BCUT2D eigenvalue weighted by Crippen LogP contribution is 2.29. The maximum Gasteiger partial charge on any atom is 0.314 e. The molecular weight excluding hydrogens is 355 g/mol. The van der Waals surface area contributed by atoms with Crippen molar-refractivity contribution in [3.63, 3.8) is 0 Å². The summed E-state index contributed by atoms with van der Waals surface area (Å²) in [6.45, 7) is 0. The van der Waals surface area contributed by atoms with Gasteiger partial charge in [0.1, 0.15) is 0 Å². The van der Waals surface area contributed by atoms with Gasteiger partial charge in [-0.15, -0.1) is 0 Å². The van der Waals surface area contributed by atoms with Crippen LogP contribution in [-0.4, -0.2) is 26.0 Å². The van der Waals surface area contributed by atoms with Crippen molar-refractivity contribution in [2.24, 2.45) is 0 Å². The molecule has 2 aromatic carbocycles. The number of ether oxygens (including phenoxy) is 2. The minimum absolute atomic E-state index is 0.319. The van der Waals surface area contributed by atoms with Crippen molar-refractivity contribution >= 4 is 46.4 Å². The van der Waals surface area contributed by atoms with Gasteiger partial charge in [-0.3, -0.25) is 9.59 Å². The monoisotopic (exact) mass is 368 g/mol. The van der Waals surface area contributed by atoms with Crippen LogP contribution < -0.4 is 20.1 Å². The lowest BCUT2D eigenvalue weighted by atomic mass is 10.2. The maximum atomic E-state index is 12.0. The highest BCUT2D eigenvalue weighted by molar-refractivity contribution is 6.44. The summed E-state index contributed by atoms with van der Waals surface area (Å²) < 4.78 is 10.2. The standard InChI is InChI=1S/C16H14Cl2N2O4/c1-23-13-4-3-11(8-14(13)24-2)19-15(21)16(22)20-12-6-9(17)5-10(18)7-12/h3-8H,1-2H3,(H,19,21)(H,20,22). The molecule has 0 radical (unpaired) electrons. The minimum Gasteiger partial charge on any atom is -0.493 e. The third-order valence-electron chi connectivity index (χ3n) is 2.97. The van der Waals surface area contributed by atoms with Crippen LogP contribution in [0.5, 0.6) is 11.5 Å². The summed E-state index contributed by atoms with van der Waals surface area (Å²) in [5, 5.41) is 5.57. The van der Waals surface area contributed by atoms with Crippen molar-refractivity contribution in [3.05, 3.63) is 46.4 Å². The van der Waals surface area contributed by atoms with Gasteiger partial charge in [0.15, 0.2) is 11.5 Å². The number of amides is 2. The Morgan fingerprint density at radius 3 is 1.88 bits per heavy atom. The van der Waals surface area contributed by atoms with Crippen molar-refractivity contribution in [3.8, 4) is 11.5 Å². The Hall–Kier alpha value is -2.44. The number of hydrogen-bond donors (Lipinski definition) is 2. The molecule has 0 aromatic heterocycles.